The van der Waals surface area contributed by atoms with E-state index < -0.39 is 0 Å². The van der Waals surface area contributed by atoms with Crippen LogP contribution in [0.1, 0.15) is 0 Å². The molecule has 2 aromatic carbocycles. The number of hydrogen-bond donors (Lipinski definition) is 2. The minimum absolute atomic E-state index is 0.0368. The highest BCUT2D eigenvalue weighted by atomic mass is 79.9. The molecule has 0 spiro atoms. The zero-order valence-corrected chi connectivity index (χ0v) is 17.0. The van der Waals surface area contributed by atoms with Gasteiger partial charge in [-0.3, -0.25) is 0 Å². The number of aromatic nitrogens is 2. The van der Waals surface area contributed by atoms with Gasteiger partial charge in [-0.2, -0.15) is 0 Å². The van der Waals surface area contributed by atoms with E-state index in [-0.39, 0.29) is 16.5 Å². The van der Waals surface area contributed by atoms with E-state index in [1.807, 2.05) is 24.3 Å². The van der Waals surface area contributed by atoms with Crippen molar-refractivity contribution in [2.45, 2.75) is 6.67 Å². The van der Waals surface area contributed by atoms with Crippen molar-refractivity contribution < 1.29 is 14.3 Å². The number of phenols is 1. The van der Waals surface area contributed by atoms with Crippen molar-refractivity contribution in [2.75, 3.05) is 12.4 Å². The van der Waals surface area contributed by atoms with Gasteiger partial charge in [-0.25, -0.2) is 4.68 Å². The highest BCUT2D eigenvalue weighted by molar-refractivity contribution is 9.11. The Morgan fingerprint density at radius 3 is 2.68 bits per heavy atom. The lowest BCUT2D eigenvalue weighted by molar-refractivity contribution is 0.415. The number of ether oxygens (including phenoxy) is 1. The van der Waals surface area contributed by atoms with Crippen LogP contribution in [0.5, 0.6) is 11.5 Å². The fourth-order valence-corrected chi connectivity index (χ4v) is 3.53. The quantitative estimate of drug-likeness (QED) is 0.484. The maximum Gasteiger partial charge on any atom is 0.289 e. The third kappa shape index (κ3) is 4.05. The molecule has 0 aliphatic carbocycles. The highest BCUT2D eigenvalue weighted by Crippen LogP contribution is 2.37. The van der Waals surface area contributed by atoms with Gasteiger partial charge >= 0.3 is 0 Å². The van der Waals surface area contributed by atoms with Crippen LogP contribution in [0.2, 0.25) is 0 Å². The van der Waals surface area contributed by atoms with E-state index in [0.29, 0.717) is 16.7 Å². The summed E-state index contributed by atoms with van der Waals surface area (Å²) in [6.45, 7) is 0.324. The standard InChI is InChI=1S/C16H13Br2N3O3S/c1-23-11-4-2-10(3-5-11)19-8-21-16(25)24-15(20-21)12-6-9(17)7-13(18)14(12)22/h2-7,19,22H,8H2,1H3. The third-order valence-electron chi connectivity index (χ3n) is 3.39. The van der Waals surface area contributed by atoms with Crippen molar-refractivity contribution in [1.29, 1.82) is 0 Å². The van der Waals surface area contributed by atoms with E-state index in [2.05, 4.69) is 42.3 Å². The van der Waals surface area contributed by atoms with Crippen LogP contribution >= 0.6 is 44.1 Å². The molecular weight excluding hydrogens is 474 g/mol. The van der Waals surface area contributed by atoms with Gasteiger partial charge in [0.25, 0.3) is 10.7 Å². The van der Waals surface area contributed by atoms with Gasteiger partial charge in [0.1, 0.15) is 18.2 Å². The molecule has 0 aliphatic rings. The summed E-state index contributed by atoms with van der Waals surface area (Å²) in [7, 11) is 1.62. The first-order chi connectivity index (χ1) is 12.0. The molecule has 3 rings (SSSR count). The molecule has 2 N–H and O–H groups in total. The number of phenolic OH excluding ortho intramolecular Hbond substituents is 1. The fourth-order valence-electron chi connectivity index (χ4n) is 2.12. The van der Waals surface area contributed by atoms with E-state index in [0.717, 1.165) is 15.9 Å². The van der Waals surface area contributed by atoms with Crippen molar-refractivity contribution >= 4 is 49.8 Å². The number of nitrogens with one attached hydrogen (secondary N) is 1. The Hall–Kier alpha value is -1.84. The first-order valence-electron chi connectivity index (χ1n) is 7.12. The lowest BCUT2D eigenvalue weighted by Crippen LogP contribution is -2.09. The molecule has 0 amide bonds. The maximum atomic E-state index is 10.2. The summed E-state index contributed by atoms with van der Waals surface area (Å²) in [4.78, 5) is 0.200. The first-order valence-corrected chi connectivity index (χ1v) is 9.11. The van der Waals surface area contributed by atoms with E-state index in [4.69, 9.17) is 21.4 Å². The van der Waals surface area contributed by atoms with Crippen molar-refractivity contribution in [1.82, 2.24) is 9.78 Å². The third-order valence-corrected chi connectivity index (χ3v) is 4.74. The minimum Gasteiger partial charge on any atom is -0.506 e. The number of anilines is 1. The summed E-state index contributed by atoms with van der Waals surface area (Å²) in [5.74, 6) is 1.05. The monoisotopic (exact) mass is 485 g/mol. The number of nitrogens with zero attached hydrogens (tertiary/aromatic N) is 2. The molecule has 0 radical (unpaired) electrons. The van der Waals surface area contributed by atoms with Gasteiger partial charge in [-0.05, 0) is 64.5 Å². The van der Waals surface area contributed by atoms with Crippen LogP contribution in [0.3, 0.4) is 0 Å². The summed E-state index contributed by atoms with van der Waals surface area (Å²) in [6.07, 6.45) is 0. The Morgan fingerprint density at radius 1 is 1.28 bits per heavy atom. The lowest BCUT2D eigenvalue weighted by Gasteiger charge is -2.06. The lowest BCUT2D eigenvalue weighted by atomic mass is 10.2. The smallest absolute Gasteiger partial charge is 0.289 e. The molecule has 3 aromatic rings. The van der Waals surface area contributed by atoms with E-state index in [9.17, 15) is 5.11 Å². The molecule has 6 nitrogen and oxygen atoms in total. The van der Waals surface area contributed by atoms with Crippen molar-refractivity contribution in [3.8, 4) is 23.0 Å². The predicted molar refractivity (Wildman–Crippen MR) is 104 cm³/mol. The molecule has 130 valence electrons. The highest BCUT2D eigenvalue weighted by Gasteiger charge is 2.15. The maximum absolute atomic E-state index is 10.2. The van der Waals surface area contributed by atoms with Crippen LogP contribution in [-0.4, -0.2) is 22.0 Å². The van der Waals surface area contributed by atoms with Crippen LogP contribution in [0.15, 0.2) is 49.8 Å². The second-order valence-corrected chi connectivity index (χ2v) is 7.14. The molecule has 0 saturated heterocycles. The number of halogens is 2. The van der Waals surface area contributed by atoms with Crippen LogP contribution < -0.4 is 10.1 Å². The van der Waals surface area contributed by atoms with Gasteiger partial charge in [0, 0.05) is 10.2 Å². The zero-order valence-electron chi connectivity index (χ0n) is 13.0. The van der Waals surface area contributed by atoms with Gasteiger partial charge in [0.2, 0.25) is 0 Å². The van der Waals surface area contributed by atoms with Gasteiger partial charge in [0.15, 0.2) is 0 Å². The van der Waals surface area contributed by atoms with Gasteiger partial charge in [-0.15, -0.1) is 5.10 Å². The number of hydrogen-bond acceptors (Lipinski definition) is 6. The number of benzene rings is 2. The zero-order chi connectivity index (χ0) is 18.0. The summed E-state index contributed by atoms with van der Waals surface area (Å²) in [5.41, 5.74) is 1.33. The summed E-state index contributed by atoms with van der Waals surface area (Å²) in [5, 5.41) is 17.7. The largest absolute Gasteiger partial charge is 0.506 e. The summed E-state index contributed by atoms with van der Waals surface area (Å²) in [6, 6.07) is 10.9. The molecule has 0 atom stereocenters. The first kappa shape index (κ1) is 18.0. The molecule has 9 heteroatoms. The molecular formula is C16H13Br2N3O3S. The molecule has 25 heavy (non-hydrogen) atoms. The van der Waals surface area contributed by atoms with E-state index in [1.54, 1.807) is 19.2 Å². The fraction of sp³-hybridized carbons (Fsp3) is 0.125. The molecule has 0 bridgehead atoms. The Bertz CT molecular complexity index is 954. The molecule has 0 fully saturated rings. The predicted octanol–water partition coefficient (Wildman–Crippen LogP) is 5.18. The Kier molecular flexibility index (Phi) is 5.45. The SMILES string of the molecule is COc1ccc(NCn2nc(-c3cc(Br)cc(Br)c3O)oc2=S)cc1. The second kappa shape index (κ2) is 7.59. The molecule has 0 aliphatic heterocycles. The average molecular weight is 487 g/mol. The second-order valence-electron chi connectivity index (χ2n) is 5.02. The summed E-state index contributed by atoms with van der Waals surface area (Å²) >= 11 is 11.9. The minimum atomic E-state index is 0.0368. The Morgan fingerprint density at radius 2 is 2.00 bits per heavy atom. The van der Waals surface area contributed by atoms with Crippen molar-refractivity contribution in [2.24, 2.45) is 0 Å². The number of aromatic hydroxyl groups is 1. The van der Waals surface area contributed by atoms with Crippen LogP contribution in [0, 0.1) is 4.84 Å². The van der Waals surface area contributed by atoms with Gasteiger partial charge < -0.3 is 19.6 Å². The van der Waals surface area contributed by atoms with Crippen molar-refractivity contribution in [3.63, 3.8) is 0 Å². The normalized spacial score (nSPS) is 10.7. The van der Waals surface area contributed by atoms with Crippen LogP contribution in [0.25, 0.3) is 11.5 Å². The Balaban J connectivity index is 1.82. The van der Waals surface area contributed by atoms with Crippen LogP contribution in [0.4, 0.5) is 5.69 Å². The number of methoxy groups -OCH3 is 1. The average Bonchev–Trinajstić information content (AvgIpc) is 2.97. The topological polar surface area (TPSA) is 72.5 Å². The Labute approximate surface area is 165 Å². The summed E-state index contributed by atoms with van der Waals surface area (Å²) < 4.78 is 13.5. The van der Waals surface area contributed by atoms with E-state index in [1.165, 1.54) is 4.68 Å². The van der Waals surface area contributed by atoms with Crippen molar-refractivity contribution in [3.05, 3.63) is 50.2 Å². The van der Waals surface area contributed by atoms with Gasteiger partial charge in [0.05, 0.1) is 17.1 Å². The number of rotatable bonds is 5. The van der Waals surface area contributed by atoms with E-state index >= 15 is 0 Å². The molecule has 0 unspecified atom stereocenters. The molecule has 1 heterocycles. The molecule has 1 aromatic heterocycles. The van der Waals surface area contributed by atoms with Gasteiger partial charge in [-0.1, -0.05) is 15.9 Å². The molecule has 0 saturated carbocycles. The van der Waals surface area contributed by atoms with Crippen LogP contribution in [-0.2, 0) is 6.67 Å².